The van der Waals surface area contributed by atoms with Crippen LogP contribution in [0.5, 0.6) is 5.75 Å². The van der Waals surface area contributed by atoms with Gasteiger partial charge < -0.3 is 9.84 Å². The summed E-state index contributed by atoms with van der Waals surface area (Å²) in [7, 11) is 0. The Morgan fingerprint density at radius 1 is 1.17 bits per heavy atom. The fourth-order valence-electron chi connectivity index (χ4n) is 4.91. The maximum Gasteiger partial charge on any atom is 0.176 e. The Hall–Kier alpha value is -3.42. The van der Waals surface area contributed by atoms with Crippen LogP contribution in [-0.2, 0) is 6.54 Å². The van der Waals surface area contributed by atoms with Crippen molar-refractivity contribution in [3.63, 3.8) is 0 Å². The molecule has 1 saturated heterocycles. The van der Waals surface area contributed by atoms with E-state index >= 15 is 0 Å². The highest BCUT2D eigenvalue weighted by molar-refractivity contribution is 6.16. The average Bonchev–Trinajstić information content (AvgIpc) is 3.29. The summed E-state index contributed by atoms with van der Waals surface area (Å²) in [6.45, 7) is 3.76. The topological polar surface area (TPSA) is 75.0 Å². The molecule has 6 nitrogen and oxygen atoms in total. The molecule has 1 fully saturated rings. The summed E-state index contributed by atoms with van der Waals surface area (Å²) in [4.78, 5) is 24.3. The van der Waals surface area contributed by atoms with Gasteiger partial charge >= 0.3 is 0 Å². The highest BCUT2D eigenvalue weighted by atomic mass is 19.1. The second-order valence-electron chi connectivity index (χ2n) is 9.36. The van der Waals surface area contributed by atoms with Crippen LogP contribution in [0.3, 0.4) is 0 Å². The van der Waals surface area contributed by atoms with Crippen molar-refractivity contribution in [3.8, 4) is 5.75 Å². The summed E-state index contributed by atoms with van der Waals surface area (Å²) in [6, 6.07) is 15.5. The van der Waals surface area contributed by atoms with E-state index in [1.807, 2.05) is 42.2 Å². The molecule has 0 amide bonds. The Labute approximate surface area is 204 Å². The lowest BCUT2D eigenvalue weighted by Gasteiger charge is -2.41. The average molecular weight is 474 g/mol. The van der Waals surface area contributed by atoms with Gasteiger partial charge in [-0.15, -0.1) is 0 Å². The lowest BCUT2D eigenvalue weighted by Crippen LogP contribution is -2.55. The van der Waals surface area contributed by atoms with Crippen LogP contribution in [0.4, 0.5) is 4.39 Å². The number of likely N-dealkylation sites (tertiary alicyclic amines) is 1. The molecule has 7 heteroatoms. The largest absolute Gasteiger partial charge is 0.484 e. The highest BCUT2D eigenvalue weighted by Crippen LogP contribution is 2.29. The molecule has 3 heterocycles. The quantitative estimate of drug-likeness (QED) is 0.526. The first-order valence-electron chi connectivity index (χ1n) is 11.9. The number of halogens is 1. The van der Waals surface area contributed by atoms with Gasteiger partial charge in [-0.25, -0.2) is 4.39 Å². The summed E-state index contributed by atoms with van der Waals surface area (Å²) in [6.07, 6.45) is 3.23. The molecule has 3 aromatic rings. The van der Waals surface area contributed by atoms with Gasteiger partial charge in [-0.2, -0.15) is 0 Å². The zero-order chi connectivity index (χ0) is 24.4. The standard InChI is InChI=1S/C28H28FN3O3/c1-19-13-21(9-11-30-19)27-25-14-20(3-4-22(25)15-31-27)26(34)16-32-12-2-10-28(17-32,18-33)35-24-7-5-23(29)6-8-24/h3-9,11,13-14,33H,2,10,12,15-18H2,1H3. The third kappa shape index (κ3) is 5.01. The monoisotopic (exact) mass is 473 g/mol. The number of hydrogen-bond acceptors (Lipinski definition) is 6. The van der Waals surface area contributed by atoms with E-state index in [0.717, 1.165) is 41.1 Å². The number of pyridine rings is 1. The number of carbonyl (C=O) groups excluding carboxylic acids is 1. The molecule has 0 spiro atoms. The molecular formula is C28H28FN3O3. The van der Waals surface area contributed by atoms with Gasteiger partial charge in [-0.1, -0.05) is 12.1 Å². The number of ether oxygens (including phenoxy) is 1. The van der Waals surface area contributed by atoms with Crippen molar-refractivity contribution in [2.24, 2.45) is 4.99 Å². The van der Waals surface area contributed by atoms with Crippen LogP contribution in [-0.4, -0.2) is 58.3 Å². The van der Waals surface area contributed by atoms with Crippen molar-refractivity contribution >= 4 is 11.5 Å². The lowest BCUT2D eigenvalue weighted by atomic mass is 9.92. The van der Waals surface area contributed by atoms with Gasteiger partial charge in [-0.05, 0) is 74.3 Å². The smallest absolute Gasteiger partial charge is 0.176 e. The summed E-state index contributed by atoms with van der Waals surface area (Å²) >= 11 is 0. The molecule has 2 aliphatic rings. The number of carbonyl (C=O) groups is 1. The lowest BCUT2D eigenvalue weighted by molar-refractivity contribution is -0.0452. The third-order valence-corrected chi connectivity index (χ3v) is 6.69. The number of aliphatic imine (C=N–C) groups is 1. The molecular weight excluding hydrogens is 445 g/mol. The molecule has 35 heavy (non-hydrogen) atoms. The van der Waals surface area contributed by atoms with Crippen LogP contribution in [0.15, 0.2) is 65.8 Å². The van der Waals surface area contributed by atoms with Gasteiger partial charge in [0.2, 0.25) is 0 Å². The first kappa shape index (κ1) is 23.3. The van der Waals surface area contributed by atoms with E-state index in [2.05, 4.69) is 4.98 Å². The van der Waals surface area contributed by atoms with Crippen LogP contribution in [0.1, 0.15) is 45.6 Å². The van der Waals surface area contributed by atoms with E-state index < -0.39 is 5.60 Å². The van der Waals surface area contributed by atoms with Crippen molar-refractivity contribution in [1.82, 2.24) is 9.88 Å². The van der Waals surface area contributed by atoms with E-state index in [9.17, 15) is 14.3 Å². The number of rotatable bonds is 7. The van der Waals surface area contributed by atoms with Crippen molar-refractivity contribution in [2.75, 3.05) is 26.2 Å². The summed E-state index contributed by atoms with van der Waals surface area (Å²) in [5.41, 5.74) is 4.73. The van der Waals surface area contributed by atoms with E-state index in [4.69, 9.17) is 9.73 Å². The van der Waals surface area contributed by atoms with Crippen LogP contribution in [0.25, 0.3) is 0 Å². The predicted octanol–water partition coefficient (Wildman–Crippen LogP) is 3.97. The minimum atomic E-state index is -0.826. The van der Waals surface area contributed by atoms with E-state index in [1.165, 1.54) is 12.1 Å². The molecule has 5 rings (SSSR count). The number of aromatic nitrogens is 1. The van der Waals surface area contributed by atoms with Crippen LogP contribution in [0, 0.1) is 12.7 Å². The second-order valence-corrected chi connectivity index (χ2v) is 9.36. The number of aliphatic hydroxyl groups is 1. The number of piperidine rings is 1. The molecule has 2 aromatic carbocycles. The first-order chi connectivity index (χ1) is 16.9. The Bertz CT molecular complexity index is 1270. The Morgan fingerprint density at radius 3 is 2.77 bits per heavy atom. The number of Topliss-reactive ketones (excluding diaryl/α,β-unsaturated/α-hetero) is 1. The van der Waals surface area contributed by atoms with Gasteiger partial charge in [0.1, 0.15) is 17.2 Å². The van der Waals surface area contributed by atoms with Gasteiger partial charge in [-0.3, -0.25) is 19.7 Å². The normalized spacial score (nSPS) is 19.8. The van der Waals surface area contributed by atoms with E-state index in [-0.39, 0.29) is 24.8 Å². The van der Waals surface area contributed by atoms with Crippen molar-refractivity contribution in [2.45, 2.75) is 31.9 Å². The fourth-order valence-corrected chi connectivity index (χ4v) is 4.91. The first-order valence-corrected chi connectivity index (χ1v) is 11.9. The summed E-state index contributed by atoms with van der Waals surface area (Å²) in [5, 5.41) is 10.2. The van der Waals surface area contributed by atoms with Gasteiger partial charge in [0.15, 0.2) is 5.78 Å². The number of hydrogen-bond donors (Lipinski definition) is 1. The molecule has 0 saturated carbocycles. The number of aryl methyl sites for hydroxylation is 1. The molecule has 1 N–H and O–H groups in total. The molecule has 0 aliphatic carbocycles. The van der Waals surface area contributed by atoms with Gasteiger partial charge in [0.05, 0.1) is 25.4 Å². The molecule has 1 unspecified atom stereocenters. The van der Waals surface area contributed by atoms with E-state index in [1.54, 1.807) is 18.3 Å². The molecule has 1 aromatic heterocycles. The van der Waals surface area contributed by atoms with Crippen LogP contribution >= 0.6 is 0 Å². The molecule has 0 radical (unpaired) electrons. The fraction of sp³-hybridized carbons (Fsp3) is 0.321. The molecule has 2 aliphatic heterocycles. The Balaban J connectivity index is 1.30. The number of fused-ring (bicyclic) bond motifs is 1. The van der Waals surface area contributed by atoms with Crippen LogP contribution < -0.4 is 4.74 Å². The van der Waals surface area contributed by atoms with Crippen molar-refractivity contribution in [3.05, 3.63) is 94.6 Å². The Morgan fingerprint density at radius 2 is 2.00 bits per heavy atom. The zero-order valence-corrected chi connectivity index (χ0v) is 19.7. The number of nitrogens with zero attached hydrogens (tertiary/aromatic N) is 3. The van der Waals surface area contributed by atoms with Gasteiger partial charge in [0, 0.05) is 35.1 Å². The summed E-state index contributed by atoms with van der Waals surface area (Å²) in [5.74, 6) is 0.179. The van der Waals surface area contributed by atoms with Crippen molar-refractivity contribution < 1.29 is 19.0 Å². The van der Waals surface area contributed by atoms with Crippen LogP contribution in [0.2, 0.25) is 0 Å². The number of benzene rings is 2. The van der Waals surface area contributed by atoms with E-state index in [0.29, 0.717) is 30.8 Å². The number of ketones is 1. The second kappa shape index (κ2) is 9.68. The minimum absolute atomic E-state index is 0.0143. The minimum Gasteiger partial charge on any atom is -0.484 e. The predicted molar refractivity (Wildman–Crippen MR) is 132 cm³/mol. The highest BCUT2D eigenvalue weighted by Gasteiger charge is 2.38. The third-order valence-electron chi connectivity index (χ3n) is 6.69. The van der Waals surface area contributed by atoms with Gasteiger partial charge in [0.25, 0.3) is 0 Å². The molecule has 180 valence electrons. The maximum atomic E-state index is 13.3. The maximum absolute atomic E-state index is 13.3. The van der Waals surface area contributed by atoms with Crippen molar-refractivity contribution in [1.29, 1.82) is 0 Å². The Kier molecular flexibility index (Phi) is 6.45. The number of aliphatic hydroxyl groups excluding tert-OH is 1. The molecule has 0 bridgehead atoms. The zero-order valence-electron chi connectivity index (χ0n) is 19.7. The SMILES string of the molecule is Cc1cc(C2=NCc3ccc(C(=O)CN4CCCC(CO)(Oc5ccc(F)cc5)C4)cc32)ccn1. The molecule has 1 atom stereocenters. The summed E-state index contributed by atoms with van der Waals surface area (Å²) < 4.78 is 19.4.